The highest BCUT2D eigenvalue weighted by Crippen LogP contribution is 2.29. The van der Waals surface area contributed by atoms with E-state index in [2.05, 4.69) is 10.2 Å². The minimum Gasteiger partial charge on any atom is -0.393 e. The first kappa shape index (κ1) is 19.4. The second-order valence-electron chi connectivity index (χ2n) is 7.20. The van der Waals surface area contributed by atoms with Gasteiger partial charge in [-0.3, -0.25) is 4.79 Å². The Morgan fingerprint density at radius 2 is 1.93 bits per heavy atom. The zero-order valence-corrected chi connectivity index (χ0v) is 15.7. The largest absolute Gasteiger partial charge is 0.393 e. The maximum absolute atomic E-state index is 13.9. The number of amides is 1. The number of piperidine rings is 1. The summed E-state index contributed by atoms with van der Waals surface area (Å²) in [6.07, 6.45) is 2.22. The van der Waals surface area contributed by atoms with Gasteiger partial charge in [-0.25, -0.2) is 4.39 Å². The van der Waals surface area contributed by atoms with E-state index in [1.807, 2.05) is 37.3 Å². The quantitative estimate of drug-likeness (QED) is 0.817. The molecule has 1 aliphatic heterocycles. The second kappa shape index (κ2) is 9.00. The summed E-state index contributed by atoms with van der Waals surface area (Å²) in [6, 6.07) is 14.3. The first-order valence-electron chi connectivity index (χ1n) is 9.58. The standard InChI is InChI=1S/C22H27FN2O2/c1-16(24-22(27)10-7-17-5-3-2-4-6-17)20-15-18(23)8-9-21(20)25-13-11-19(26)12-14-25/h2-6,8-9,15-16,19,26H,7,10-14H2,1H3,(H,24,27)/t16-/m0/s1. The molecular formula is C22H27FN2O2. The van der Waals surface area contributed by atoms with Gasteiger partial charge in [-0.1, -0.05) is 30.3 Å². The predicted molar refractivity (Wildman–Crippen MR) is 105 cm³/mol. The molecular weight excluding hydrogens is 343 g/mol. The van der Waals surface area contributed by atoms with Crippen LogP contribution in [0.1, 0.15) is 43.4 Å². The van der Waals surface area contributed by atoms with Crippen molar-refractivity contribution < 1.29 is 14.3 Å². The van der Waals surface area contributed by atoms with E-state index < -0.39 is 0 Å². The van der Waals surface area contributed by atoms with Crippen molar-refractivity contribution in [1.82, 2.24) is 5.32 Å². The Balaban J connectivity index is 1.65. The molecule has 144 valence electrons. The average molecular weight is 370 g/mol. The summed E-state index contributed by atoms with van der Waals surface area (Å²) in [5.74, 6) is -0.355. The van der Waals surface area contributed by atoms with Gasteiger partial charge in [0.05, 0.1) is 12.1 Å². The summed E-state index contributed by atoms with van der Waals surface area (Å²) in [4.78, 5) is 14.5. The van der Waals surface area contributed by atoms with Crippen LogP contribution in [0.15, 0.2) is 48.5 Å². The molecule has 1 fully saturated rings. The van der Waals surface area contributed by atoms with E-state index in [4.69, 9.17) is 0 Å². The van der Waals surface area contributed by atoms with Gasteiger partial charge in [-0.15, -0.1) is 0 Å². The Labute approximate surface area is 160 Å². The van der Waals surface area contributed by atoms with Crippen LogP contribution in [0.4, 0.5) is 10.1 Å². The van der Waals surface area contributed by atoms with Gasteiger partial charge in [0, 0.05) is 30.8 Å². The van der Waals surface area contributed by atoms with Crippen molar-refractivity contribution in [3.8, 4) is 0 Å². The van der Waals surface area contributed by atoms with Crippen LogP contribution in [0.5, 0.6) is 0 Å². The number of anilines is 1. The number of halogens is 1. The van der Waals surface area contributed by atoms with Gasteiger partial charge in [0.25, 0.3) is 0 Å². The van der Waals surface area contributed by atoms with Crippen LogP contribution in [0.25, 0.3) is 0 Å². The number of benzene rings is 2. The summed E-state index contributed by atoms with van der Waals surface area (Å²) in [5, 5.41) is 12.7. The first-order valence-corrected chi connectivity index (χ1v) is 9.58. The van der Waals surface area contributed by atoms with Crippen molar-refractivity contribution in [3.05, 3.63) is 65.5 Å². The Morgan fingerprint density at radius 3 is 2.63 bits per heavy atom. The van der Waals surface area contributed by atoms with Crippen LogP contribution in [0.3, 0.4) is 0 Å². The summed E-state index contributed by atoms with van der Waals surface area (Å²) in [7, 11) is 0. The van der Waals surface area contributed by atoms with E-state index in [-0.39, 0.29) is 23.9 Å². The normalized spacial score (nSPS) is 16.2. The van der Waals surface area contributed by atoms with Crippen LogP contribution < -0.4 is 10.2 Å². The van der Waals surface area contributed by atoms with Crippen LogP contribution >= 0.6 is 0 Å². The number of rotatable bonds is 6. The highest BCUT2D eigenvalue weighted by atomic mass is 19.1. The number of aliphatic hydroxyl groups is 1. The minimum absolute atomic E-state index is 0.0457. The number of nitrogens with one attached hydrogen (secondary N) is 1. The lowest BCUT2D eigenvalue weighted by molar-refractivity contribution is -0.121. The van der Waals surface area contributed by atoms with Gasteiger partial charge >= 0.3 is 0 Å². The van der Waals surface area contributed by atoms with Crippen molar-refractivity contribution in [3.63, 3.8) is 0 Å². The number of carbonyl (C=O) groups excluding carboxylic acids is 1. The summed E-state index contributed by atoms with van der Waals surface area (Å²) in [6.45, 7) is 3.35. The zero-order chi connectivity index (χ0) is 19.2. The van der Waals surface area contributed by atoms with Gasteiger partial charge in [0.2, 0.25) is 5.91 Å². The van der Waals surface area contributed by atoms with Crippen LogP contribution in [-0.2, 0) is 11.2 Å². The minimum atomic E-state index is -0.309. The number of aliphatic hydroxyl groups excluding tert-OH is 1. The lowest BCUT2D eigenvalue weighted by Gasteiger charge is -2.34. The smallest absolute Gasteiger partial charge is 0.220 e. The summed E-state index contributed by atoms with van der Waals surface area (Å²) < 4.78 is 13.9. The highest BCUT2D eigenvalue weighted by molar-refractivity contribution is 5.77. The Bertz CT molecular complexity index is 758. The van der Waals surface area contributed by atoms with Crippen molar-refractivity contribution >= 4 is 11.6 Å². The van der Waals surface area contributed by atoms with E-state index in [1.54, 1.807) is 6.07 Å². The fourth-order valence-corrected chi connectivity index (χ4v) is 3.56. The third-order valence-corrected chi connectivity index (χ3v) is 5.12. The first-order chi connectivity index (χ1) is 13.0. The van der Waals surface area contributed by atoms with Gasteiger partial charge < -0.3 is 15.3 Å². The predicted octanol–water partition coefficient (Wildman–Crippen LogP) is 3.60. The zero-order valence-electron chi connectivity index (χ0n) is 15.7. The summed E-state index contributed by atoms with van der Waals surface area (Å²) in [5.41, 5.74) is 2.83. The molecule has 2 aromatic carbocycles. The lowest BCUT2D eigenvalue weighted by atomic mass is 10.0. The molecule has 0 saturated carbocycles. The van der Waals surface area contributed by atoms with Crippen molar-refractivity contribution in [1.29, 1.82) is 0 Å². The van der Waals surface area contributed by atoms with E-state index >= 15 is 0 Å². The van der Waals surface area contributed by atoms with Crippen molar-refractivity contribution in [2.45, 2.75) is 44.8 Å². The third-order valence-electron chi connectivity index (χ3n) is 5.12. The Morgan fingerprint density at radius 1 is 1.22 bits per heavy atom. The van der Waals surface area contributed by atoms with Crippen LogP contribution in [0, 0.1) is 5.82 Å². The molecule has 3 rings (SSSR count). The molecule has 2 N–H and O–H groups in total. The fraction of sp³-hybridized carbons (Fsp3) is 0.409. The molecule has 1 saturated heterocycles. The van der Waals surface area contributed by atoms with Crippen molar-refractivity contribution in [2.75, 3.05) is 18.0 Å². The molecule has 1 aliphatic rings. The van der Waals surface area contributed by atoms with Crippen LogP contribution in [0.2, 0.25) is 0 Å². The maximum atomic E-state index is 13.9. The van der Waals surface area contributed by atoms with Crippen LogP contribution in [-0.4, -0.2) is 30.2 Å². The molecule has 0 spiro atoms. The molecule has 1 heterocycles. The van der Waals surface area contributed by atoms with Gasteiger partial charge in [0.1, 0.15) is 5.82 Å². The molecule has 0 bridgehead atoms. The molecule has 4 nitrogen and oxygen atoms in total. The third kappa shape index (κ3) is 5.30. The topological polar surface area (TPSA) is 52.6 Å². The highest BCUT2D eigenvalue weighted by Gasteiger charge is 2.22. The number of aryl methyl sites for hydroxylation is 1. The number of hydrogen-bond donors (Lipinski definition) is 2. The second-order valence-corrected chi connectivity index (χ2v) is 7.20. The molecule has 2 aromatic rings. The molecule has 0 radical (unpaired) electrons. The summed E-state index contributed by atoms with van der Waals surface area (Å²) >= 11 is 0. The van der Waals surface area contributed by atoms with Gasteiger partial charge in [0.15, 0.2) is 0 Å². The lowest BCUT2D eigenvalue weighted by Crippen LogP contribution is -2.37. The van der Waals surface area contributed by atoms with E-state index in [9.17, 15) is 14.3 Å². The average Bonchev–Trinajstić information content (AvgIpc) is 2.68. The van der Waals surface area contributed by atoms with E-state index in [0.717, 1.165) is 29.9 Å². The Kier molecular flexibility index (Phi) is 6.45. The monoisotopic (exact) mass is 370 g/mol. The molecule has 5 heteroatoms. The molecule has 27 heavy (non-hydrogen) atoms. The van der Waals surface area contributed by atoms with Gasteiger partial charge in [-0.05, 0) is 49.9 Å². The van der Waals surface area contributed by atoms with Crippen molar-refractivity contribution in [2.24, 2.45) is 0 Å². The van der Waals surface area contributed by atoms with E-state index in [0.29, 0.717) is 25.7 Å². The number of hydrogen-bond acceptors (Lipinski definition) is 3. The number of carbonyl (C=O) groups is 1. The van der Waals surface area contributed by atoms with E-state index in [1.165, 1.54) is 12.1 Å². The fourth-order valence-electron chi connectivity index (χ4n) is 3.56. The molecule has 1 amide bonds. The van der Waals surface area contributed by atoms with Gasteiger partial charge in [-0.2, -0.15) is 0 Å². The maximum Gasteiger partial charge on any atom is 0.220 e. The molecule has 0 aliphatic carbocycles. The molecule has 0 unspecified atom stereocenters. The SMILES string of the molecule is C[C@H](NC(=O)CCc1ccccc1)c1cc(F)ccc1N1CCC(O)CC1. The molecule has 0 aromatic heterocycles. The molecule has 1 atom stereocenters. The number of nitrogens with zero attached hydrogens (tertiary/aromatic N) is 1. The Hall–Kier alpha value is -2.40.